The minimum Gasteiger partial charge on any atom is -0.496 e. The molecule has 21 heavy (non-hydrogen) atoms. The van der Waals surface area contributed by atoms with Gasteiger partial charge in [0.2, 0.25) is 0 Å². The van der Waals surface area contributed by atoms with Gasteiger partial charge in [0.05, 0.1) is 18.7 Å². The van der Waals surface area contributed by atoms with E-state index in [1.807, 2.05) is 45.2 Å². The number of aromatic nitrogens is 1. The van der Waals surface area contributed by atoms with Gasteiger partial charge in [-0.15, -0.1) is 11.6 Å². The molecule has 1 heterocycles. The highest BCUT2D eigenvalue weighted by Gasteiger charge is 2.11. The van der Waals surface area contributed by atoms with Gasteiger partial charge in [0, 0.05) is 22.9 Å². The van der Waals surface area contributed by atoms with E-state index < -0.39 is 0 Å². The van der Waals surface area contributed by atoms with Crippen LogP contribution in [0.3, 0.4) is 0 Å². The first-order chi connectivity index (χ1) is 10.1. The van der Waals surface area contributed by atoms with Crippen molar-refractivity contribution in [3.05, 3.63) is 52.3 Å². The van der Waals surface area contributed by atoms with Crippen LogP contribution in [0.2, 0.25) is 0 Å². The third kappa shape index (κ3) is 3.48. The summed E-state index contributed by atoms with van der Waals surface area (Å²) >= 11 is 5.97. The van der Waals surface area contributed by atoms with Crippen LogP contribution < -0.4 is 9.47 Å². The smallest absolute Gasteiger partial charge is 0.131 e. The van der Waals surface area contributed by atoms with Crippen molar-refractivity contribution in [1.82, 2.24) is 4.98 Å². The lowest BCUT2D eigenvalue weighted by atomic mass is 10.1. The Labute approximate surface area is 130 Å². The zero-order valence-corrected chi connectivity index (χ0v) is 13.6. The van der Waals surface area contributed by atoms with Crippen molar-refractivity contribution in [1.29, 1.82) is 0 Å². The fourth-order valence-corrected chi connectivity index (χ4v) is 2.53. The monoisotopic (exact) mass is 305 g/mol. The van der Waals surface area contributed by atoms with Crippen molar-refractivity contribution in [3.8, 4) is 11.5 Å². The lowest BCUT2D eigenvalue weighted by Gasteiger charge is -2.14. The quantitative estimate of drug-likeness (QED) is 0.770. The molecule has 0 saturated heterocycles. The number of rotatable bonds is 5. The predicted molar refractivity (Wildman–Crippen MR) is 85.3 cm³/mol. The van der Waals surface area contributed by atoms with Crippen molar-refractivity contribution >= 4 is 11.6 Å². The van der Waals surface area contributed by atoms with E-state index >= 15 is 0 Å². The molecule has 1 aromatic heterocycles. The summed E-state index contributed by atoms with van der Waals surface area (Å²) < 4.78 is 11.3. The summed E-state index contributed by atoms with van der Waals surface area (Å²) in [5.74, 6) is 2.10. The summed E-state index contributed by atoms with van der Waals surface area (Å²) in [6.45, 7) is 6.41. The first-order valence-corrected chi connectivity index (χ1v) is 7.37. The largest absolute Gasteiger partial charge is 0.496 e. The van der Waals surface area contributed by atoms with E-state index in [1.165, 1.54) is 5.56 Å². The van der Waals surface area contributed by atoms with Crippen LogP contribution in [0.5, 0.6) is 11.5 Å². The summed E-state index contributed by atoms with van der Waals surface area (Å²) in [7, 11) is 1.67. The Bertz CT molecular complexity index is 641. The maximum absolute atomic E-state index is 5.97. The van der Waals surface area contributed by atoms with Crippen LogP contribution in [0.4, 0.5) is 0 Å². The van der Waals surface area contributed by atoms with Crippen LogP contribution >= 0.6 is 11.6 Å². The van der Waals surface area contributed by atoms with Crippen LogP contribution in [0.1, 0.15) is 27.9 Å². The normalized spacial score (nSPS) is 10.5. The molecule has 0 saturated carbocycles. The molecule has 3 nitrogen and oxygen atoms in total. The molecule has 0 aliphatic heterocycles. The SMILES string of the molecule is COc1c(C)cnc(COc2ccc(C)cc2CCl)c1C. The summed E-state index contributed by atoms with van der Waals surface area (Å²) in [5, 5.41) is 0. The Balaban J connectivity index is 2.21. The Kier molecular flexibility index (Phi) is 5.07. The van der Waals surface area contributed by atoms with Gasteiger partial charge in [-0.2, -0.15) is 0 Å². The number of pyridine rings is 1. The second-order valence-electron chi connectivity index (χ2n) is 5.08. The molecule has 0 aliphatic carbocycles. The molecule has 112 valence electrons. The van der Waals surface area contributed by atoms with Gasteiger partial charge in [0.25, 0.3) is 0 Å². The van der Waals surface area contributed by atoms with E-state index in [2.05, 4.69) is 4.98 Å². The number of methoxy groups -OCH3 is 1. The van der Waals surface area contributed by atoms with Gasteiger partial charge in [-0.05, 0) is 26.8 Å². The zero-order chi connectivity index (χ0) is 15.4. The number of aryl methyl sites for hydroxylation is 2. The number of ether oxygens (including phenoxy) is 2. The Morgan fingerprint density at radius 3 is 2.62 bits per heavy atom. The van der Waals surface area contributed by atoms with Crippen molar-refractivity contribution in [3.63, 3.8) is 0 Å². The molecule has 0 bridgehead atoms. The van der Waals surface area contributed by atoms with Gasteiger partial charge in [-0.1, -0.05) is 17.7 Å². The van der Waals surface area contributed by atoms with Gasteiger partial charge in [-0.25, -0.2) is 0 Å². The number of halogens is 1. The average molecular weight is 306 g/mol. The molecule has 0 N–H and O–H groups in total. The molecule has 4 heteroatoms. The van der Waals surface area contributed by atoms with Crippen LogP contribution in [0.15, 0.2) is 24.4 Å². The molecule has 0 amide bonds. The van der Waals surface area contributed by atoms with Crippen LogP contribution in [-0.2, 0) is 12.5 Å². The minimum atomic E-state index is 0.398. The number of hydrogen-bond acceptors (Lipinski definition) is 3. The van der Waals surface area contributed by atoms with E-state index in [1.54, 1.807) is 7.11 Å². The molecule has 2 rings (SSSR count). The van der Waals surface area contributed by atoms with Crippen molar-refractivity contribution < 1.29 is 9.47 Å². The van der Waals surface area contributed by atoms with Gasteiger partial charge >= 0.3 is 0 Å². The van der Waals surface area contributed by atoms with Gasteiger partial charge in [0.15, 0.2) is 0 Å². The Morgan fingerprint density at radius 1 is 1.19 bits per heavy atom. The van der Waals surface area contributed by atoms with Gasteiger partial charge < -0.3 is 9.47 Å². The lowest BCUT2D eigenvalue weighted by molar-refractivity contribution is 0.296. The van der Waals surface area contributed by atoms with Gasteiger partial charge in [0.1, 0.15) is 18.1 Å². The third-order valence-electron chi connectivity index (χ3n) is 3.47. The molecule has 0 unspecified atom stereocenters. The van der Waals surface area contributed by atoms with Crippen molar-refractivity contribution in [2.45, 2.75) is 33.3 Å². The second kappa shape index (κ2) is 6.81. The van der Waals surface area contributed by atoms with E-state index in [9.17, 15) is 0 Å². The third-order valence-corrected chi connectivity index (χ3v) is 3.76. The molecule has 0 fully saturated rings. The molecule has 1 aromatic carbocycles. The van der Waals surface area contributed by atoms with E-state index in [-0.39, 0.29) is 0 Å². The zero-order valence-electron chi connectivity index (χ0n) is 12.9. The molecule has 0 atom stereocenters. The molecular weight excluding hydrogens is 286 g/mol. The van der Waals surface area contributed by atoms with E-state index in [0.29, 0.717) is 12.5 Å². The maximum atomic E-state index is 5.97. The lowest BCUT2D eigenvalue weighted by Crippen LogP contribution is -2.05. The standard InChI is InChI=1S/C17H20ClNO2/c1-11-5-6-16(14(7-11)8-18)21-10-15-13(3)17(20-4)12(2)9-19-15/h5-7,9H,8,10H2,1-4H3. The number of nitrogens with zero attached hydrogens (tertiary/aromatic N) is 1. The highest BCUT2D eigenvalue weighted by atomic mass is 35.5. The molecule has 0 aliphatic rings. The summed E-state index contributed by atoms with van der Waals surface area (Å²) in [6.07, 6.45) is 1.81. The summed E-state index contributed by atoms with van der Waals surface area (Å²) in [6, 6.07) is 6.01. The summed E-state index contributed by atoms with van der Waals surface area (Å²) in [4.78, 5) is 4.44. The topological polar surface area (TPSA) is 31.4 Å². The van der Waals surface area contributed by atoms with Crippen molar-refractivity contribution in [2.75, 3.05) is 7.11 Å². The first-order valence-electron chi connectivity index (χ1n) is 6.84. The highest BCUT2D eigenvalue weighted by Crippen LogP contribution is 2.26. The molecular formula is C17H20ClNO2. The second-order valence-corrected chi connectivity index (χ2v) is 5.35. The van der Waals surface area contributed by atoms with Crippen LogP contribution in [-0.4, -0.2) is 12.1 Å². The van der Waals surface area contributed by atoms with Crippen molar-refractivity contribution in [2.24, 2.45) is 0 Å². The molecule has 0 spiro atoms. The van der Waals surface area contributed by atoms with E-state index in [4.69, 9.17) is 21.1 Å². The van der Waals surface area contributed by atoms with Gasteiger partial charge in [-0.3, -0.25) is 4.98 Å². The van der Waals surface area contributed by atoms with E-state index in [0.717, 1.165) is 33.9 Å². The van der Waals surface area contributed by atoms with Crippen LogP contribution in [0, 0.1) is 20.8 Å². The first kappa shape index (κ1) is 15.6. The molecule has 0 radical (unpaired) electrons. The summed E-state index contributed by atoms with van der Waals surface area (Å²) in [5.41, 5.74) is 5.07. The average Bonchev–Trinajstić information content (AvgIpc) is 2.48. The Morgan fingerprint density at radius 2 is 1.95 bits per heavy atom. The minimum absolute atomic E-state index is 0.398. The fourth-order valence-electron chi connectivity index (χ4n) is 2.32. The number of benzene rings is 1. The number of alkyl halides is 1. The Hall–Kier alpha value is -1.74. The maximum Gasteiger partial charge on any atom is 0.131 e. The molecule has 2 aromatic rings. The highest BCUT2D eigenvalue weighted by molar-refractivity contribution is 6.17. The predicted octanol–water partition coefficient (Wildman–Crippen LogP) is 4.33. The van der Waals surface area contributed by atoms with Crippen LogP contribution in [0.25, 0.3) is 0 Å². The fraction of sp³-hybridized carbons (Fsp3) is 0.353. The number of hydrogen-bond donors (Lipinski definition) is 0.